The molecule has 1 aromatic carbocycles. The van der Waals surface area contributed by atoms with Crippen molar-refractivity contribution in [3.63, 3.8) is 0 Å². The highest BCUT2D eigenvalue weighted by Gasteiger charge is 2.09. The molecule has 0 radical (unpaired) electrons. The minimum Gasteiger partial charge on any atom is -0.395 e. The predicted octanol–water partition coefficient (Wildman–Crippen LogP) is 3.35. The van der Waals surface area contributed by atoms with Crippen LogP contribution in [0.3, 0.4) is 0 Å². The Bertz CT molecular complexity index is 707. The Labute approximate surface area is 128 Å². The lowest BCUT2D eigenvalue weighted by molar-refractivity contribution is 0.102. The highest BCUT2D eigenvalue weighted by Crippen LogP contribution is 2.19. The van der Waals surface area contributed by atoms with Crippen molar-refractivity contribution in [1.82, 2.24) is 0 Å². The lowest BCUT2D eigenvalue weighted by Crippen LogP contribution is -2.11. The van der Waals surface area contributed by atoms with E-state index in [1.165, 1.54) is 11.3 Å². The summed E-state index contributed by atoms with van der Waals surface area (Å²) in [6.07, 6.45) is 0.446. The van der Waals surface area contributed by atoms with Gasteiger partial charge in [0.25, 0.3) is 5.91 Å². The van der Waals surface area contributed by atoms with E-state index in [1.807, 2.05) is 32.0 Å². The largest absolute Gasteiger partial charge is 0.395 e. The van der Waals surface area contributed by atoms with Crippen LogP contribution in [-0.4, -0.2) is 17.6 Å². The molecule has 0 saturated carbocycles. The van der Waals surface area contributed by atoms with Gasteiger partial charge in [-0.05, 0) is 37.1 Å². The molecule has 108 valence electrons. The quantitative estimate of drug-likeness (QED) is 0.854. The number of rotatable bonds is 3. The van der Waals surface area contributed by atoms with E-state index in [9.17, 15) is 4.79 Å². The molecule has 1 heterocycles. The van der Waals surface area contributed by atoms with Crippen LogP contribution >= 0.6 is 11.3 Å². The minimum absolute atomic E-state index is 0.0539. The third-order valence-electron chi connectivity index (χ3n) is 2.95. The van der Waals surface area contributed by atoms with E-state index in [2.05, 4.69) is 17.2 Å². The van der Waals surface area contributed by atoms with E-state index in [0.717, 1.165) is 21.7 Å². The molecule has 0 spiro atoms. The summed E-state index contributed by atoms with van der Waals surface area (Å²) < 4.78 is 0. The number of amides is 1. The summed E-state index contributed by atoms with van der Waals surface area (Å²) in [5.41, 5.74) is 3.58. The van der Waals surface area contributed by atoms with E-state index in [1.54, 1.807) is 11.4 Å². The van der Waals surface area contributed by atoms with Crippen molar-refractivity contribution >= 4 is 22.9 Å². The average Bonchev–Trinajstić information content (AvgIpc) is 2.92. The second-order valence-electron chi connectivity index (χ2n) is 4.75. The van der Waals surface area contributed by atoms with Gasteiger partial charge in [0.05, 0.1) is 17.0 Å². The number of hydrogen-bond donors (Lipinski definition) is 2. The van der Waals surface area contributed by atoms with Crippen molar-refractivity contribution in [2.24, 2.45) is 0 Å². The summed E-state index contributed by atoms with van der Waals surface area (Å²) >= 11 is 1.43. The van der Waals surface area contributed by atoms with Gasteiger partial charge in [0, 0.05) is 17.5 Å². The number of nitrogens with one attached hydrogen (secondary N) is 1. The topological polar surface area (TPSA) is 49.3 Å². The Kier molecular flexibility index (Phi) is 5.15. The third kappa shape index (κ3) is 4.19. The van der Waals surface area contributed by atoms with Gasteiger partial charge in [0.2, 0.25) is 0 Å². The van der Waals surface area contributed by atoms with Crippen molar-refractivity contribution in [3.8, 4) is 11.8 Å². The molecule has 3 nitrogen and oxygen atoms in total. The zero-order chi connectivity index (χ0) is 15.2. The molecule has 2 N–H and O–H groups in total. The fourth-order valence-electron chi connectivity index (χ4n) is 1.79. The molecule has 0 fully saturated rings. The normalized spacial score (nSPS) is 9.86. The zero-order valence-corrected chi connectivity index (χ0v) is 12.9. The highest BCUT2D eigenvalue weighted by atomic mass is 32.1. The first-order valence-electron chi connectivity index (χ1n) is 6.67. The van der Waals surface area contributed by atoms with Gasteiger partial charge >= 0.3 is 0 Å². The number of benzene rings is 1. The SMILES string of the molecule is Cc1ccc(C)c(NC(=O)c2csc(C#CCCO)c2)c1. The van der Waals surface area contributed by atoms with Crippen molar-refractivity contribution in [2.75, 3.05) is 11.9 Å². The van der Waals surface area contributed by atoms with E-state index < -0.39 is 0 Å². The Morgan fingerprint density at radius 3 is 2.90 bits per heavy atom. The van der Waals surface area contributed by atoms with Crippen molar-refractivity contribution in [1.29, 1.82) is 0 Å². The lowest BCUT2D eigenvalue weighted by atomic mass is 10.1. The van der Waals surface area contributed by atoms with Crippen LogP contribution in [0.2, 0.25) is 0 Å². The molecule has 0 unspecified atom stereocenters. The first-order chi connectivity index (χ1) is 10.1. The van der Waals surface area contributed by atoms with Crippen LogP contribution in [0.5, 0.6) is 0 Å². The summed E-state index contributed by atoms with van der Waals surface area (Å²) in [7, 11) is 0. The number of aryl methyl sites for hydroxylation is 2. The summed E-state index contributed by atoms with van der Waals surface area (Å²) in [6, 6.07) is 7.74. The van der Waals surface area contributed by atoms with Crippen LogP contribution in [-0.2, 0) is 0 Å². The summed E-state index contributed by atoms with van der Waals surface area (Å²) in [5.74, 6) is 5.65. The van der Waals surface area contributed by atoms with Crippen LogP contribution < -0.4 is 5.32 Å². The number of aliphatic hydroxyl groups is 1. The monoisotopic (exact) mass is 299 g/mol. The molecule has 1 aromatic heterocycles. The van der Waals surface area contributed by atoms with Crippen molar-refractivity contribution in [2.45, 2.75) is 20.3 Å². The van der Waals surface area contributed by atoms with E-state index in [-0.39, 0.29) is 12.5 Å². The Morgan fingerprint density at radius 2 is 2.14 bits per heavy atom. The van der Waals surface area contributed by atoms with Crippen LogP contribution in [0.4, 0.5) is 5.69 Å². The number of carbonyl (C=O) groups is 1. The van der Waals surface area contributed by atoms with Crippen LogP contribution in [0.15, 0.2) is 29.6 Å². The van der Waals surface area contributed by atoms with Gasteiger partial charge in [-0.15, -0.1) is 11.3 Å². The smallest absolute Gasteiger partial charge is 0.256 e. The first kappa shape index (κ1) is 15.3. The first-order valence-corrected chi connectivity index (χ1v) is 7.55. The molecule has 0 aliphatic carbocycles. The van der Waals surface area contributed by atoms with Crippen molar-refractivity contribution < 1.29 is 9.90 Å². The van der Waals surface area contributed by atoms with Gasteiger partial charge in [-0.1, -0.05) is 24.0 Å². The third-order valence-corrected chi connectivity index (χ3v) is 3.80. The van der Waals surface area contributed by atoms with Crippen LogP contribution in [0, 0.1) is 25.7 Å². The van der Waals surface area contributed by atoms with Crippen LogP contribution in [0.25, 0.3) is 0 Å². The minimum atomic E-state index is -0.129. The lowest BCUT2D eigenvalue weighted by Gasteiger charge is -2.08. The average molecular weight is 299 g/mol. The standard InChI is InChI=1S/C17H17NO2S/c1-12-6-7-13(2)16(9-12)18-17(20)14-10-15(21-11-14)5-3-4-8-19/h6-7,9-11,19H,4,8H2,1-2H3,(H,18,20). The van der Waals surface area contributed by atoms with E-state index in [0.29, 0.717) is 12.0 Å². The maximum Gasteiger partial charge on any atom is 0.256 e. The van der Waals surface area contributed by atoms with E-state index in [4.69, 9.17) is 5.11 Å². The van der Waals surface area contributed by atoms with Gasteiger partial charge in [-0.3, -0.25) is 4.79 Å². The summed E-state index contributed by atoms with van der Waals surface area (Å²) in [4.78, 5) is 13.1. The molecule has 0 bridgehead atoms. The Balaban J connectivity index is 2.11. The second-order valence-corrected chi connectivity index (χ2v) is 5.66. The van der Waals surface area contributed by atoms with Gasteiger partial charge in [-0.25, -0.2) is 0 Å². The maximum absolute atomic E-state index is 12.2. The number of thiophene rings is 1. The van der Waals surface area contributed by atoms with Gasteiger partial charge in [-0.2, -0.15) is 0 Å². The Hall–Kier alpha value is -2.09. The Morgan fingerprint density at radius 1 is 1.33 bits per heavy atom. The number of hydrogen-bond acceptors (Lipinski definition) is 3. The molecular formula is C17H17NO2S. The molecule has 0 aliphatic heterocycles. The number of aliphatic hydroxyl groups excluding tert-OH is 1. The van der Waals surface area contributed by atoms with Gasteiger partial charge < -0.3 is 10.4 Å². The summed E-state index contributed by atoms with van der Waals surface area (Å²) in [6.45, 7) is 4.02. The fraction of sp³-hybridized carbons (Fsp3) is 0.235. The number of anilines is 1. The summed E-state index contributed by atoms with van der Waals surface area (Å²) in [5, 5.41) is 13.4. The molecule has 1 amide bonds. The molecule has 0 aliphatic rings. The molecule has 2 rings (SSSR count). The molecular weight excluding hydrogens is 282 g/mol. The maximum atomic E-state index is 12.2. The highest BCUT2D eigenvalue weighted by molar-refractivity contribution is 7.10. The molecule has 21 heavy (non-hydrogen) atoms. The predicted molar refractivity (Wildman–Crippen MR) is 86.8 cm³/mol. The zero-order valence-electron chi connectivity index (χ0n) is 12.1. The molecule has 0 atom stereocenters. The van der Waals surface area contributed by atoms with Crippen LogP contribution in [0.1, 0.15) is 32.8 Å². The molecule has 2 aromatic rings. The molecule has 4 heteroatoms. The molecule has 0 saturated heterocycles. The second kappa shape index (κ2) is 7.07. The van der Waals surface area contributed by atoms with Gasteiger partial charge in [0.1, 0.15) is 0 Å². The fourth-order valence-corrected chi connectivity index (χ4v) is 2.55. The van der Waals surface area contributed by atoms with Crippen molar-refractivity contribution in [3.05, 3.63) is 51.2 Å². The van der Waals surface area contributed by atoms with E-state index >= 15 is 0 Å². The number of carbonyl (C=O) groups excluding carboxylic acids is 1. The van der Waals surface area contributed by atoms with Gasteiger partial charge in [0.15, 0.2) is 0 Å².